The standard InChI is InChI=1S/C24H23F3N4O2/c25-24(26,27)19-12-18(7-6-17(19)14-28)31-15-23(13-20(31)21(29)32)8-10-30(11-9-23)22(33)16-4-2-1-3-5-16/h1-7,12,20H,8-11,13,15H2,(H2,29,32). The SMILES string of the molecule is N#Cc1ccc(N2CC3(CCN(C(=O)c4ccccc4)CC3)CC2C(N)=O)cc1C(F)(F)F. The van der Waals surface area contributed by atoms with Crippen molar-refractivity contribution in [2.75, 3.05) is 24.5 Å². The van der Waals surface area contributed by atoms with Gasteiger partial charge in [0.1, 0.15) is 6.04 Å². The molecule has 0 saturated carbocycles. The molecule has 2 heterocycles. The molecule has 2 aliphatic heterocycles. The van der Waals surface area contributed by atoms with Crippen LogP contribution in [0.15, 0.2) is 48.5 Å². The maximum absolute atomic E-state index is 13.5. The van der Waals surface area contributed by atoms with Crippen molar-refractivity contribution < 1.29 is 22.8 Å². The number of nitrogens with zero attached hydrogens (tertiary/aromatic N) is 3. The van der Waals surface area contributed by atoms with E-state index in [9.17, 15) is 22.8 Å². The van der Waals surface area contributed by atoms with Crippen LogP contribution in [-0.4, -0.2) is 42.4 Å². The molecule has 2 aliphatic rings. The van der Waals surface area contributed by atoms with Crippen LogP contribution in [0.4, 0.5) is 18.9 Å². The lowest BCUT2D eigenvalue weighted by Gasteiger charge is -2.39. The van der Waals surface area contributed by atoms with Crippen molar-refractivity contribution in [3.05, 3.63) is 65.2 Å². The summed E-state index contributed by atoms with van der Waals surface area (Å²) in [5.74, 6) is -0.666. The van der Waals surface area contributed by atoms with Gasteiger partial charge in [-0.25, -0.2) is 0 Å². The van der Waals surface area contributed by atoms with Gasteiger partial charge >= 0.3 is 6.18 Å². The summed E-state index contributed by atoms with van der Waals surface area (Å²) in [4.78, 5) is 28.4. The van der Waals surface area contributed by atoms with E-state index in [0.717, 1.165) is 12.1 Å². The van der Waals surface area contributed by atoms with E-state index < -0.39 is 29.3 Å². The van der Waals surface area contributed by atoms with Crippen LogP contribution >= 0.6 is 0 Å². The van der Waals surface area contributed by atoms with E-state index in [1.807, 2.05) is 6.07 Å². The largest absolute Gasteiger partial charge is 0.417 e. The number of hydrogen-bond acceptors (Lipinski definition) is 4. The highest BCUT2D eigenvalue weighted by Crippen LogP contribution is 2.46. The number of piperidine rings is 1. The lowest BCUT2D eigenvalue weighted by atomic mass is 9.76. The second-order valence-electron chi connectivity index (χ2n) is 8.75. The molecular formula is C24H23F3N4O2. The minimum absolute atomic E-state index is 0.0614. The van der Waals surface area contributed by atoms with Gasteiger partial charge in [-0.2, -0.15) is 18.4 Å². The molecule has 2 aromatic rings. The number of benzene rings is 2. The number of carbonyl (C=O) groups is 2. The van der Waals surface area contributed by atoms with Gasteiger partial charge in [0.25, 0.3) is 5.91 Å². The molecule has 1 spiro atoms. The summed E-state index contributed by atoms with van der Waals surface area (Å²) in [7, 11) is 0. The van der Waals surface area contributed by atoms with E-state index in [1.165, 1.54) is 6.07 Å². The molecule has 0 radical (unpaired) electrons. The fraction of sp³-hybridized carbons (Fsp3) is 0.375. The number of primary amides is 1. The summed E-state index contributed by atoms with van der Waals surface area (Å²) < 4.78 is 40.4. The van der Waals surface area contributed by atoms with Crippen molar-refractivity contribution in [3.63, 3.8) is 0 Å². The quantitative estimate of drug-likeness (QED) is 0.765. The van der Waals surface area contributed by atoms with Gasteiger partial charge < -0.3 is 15.5 Å². The molecule has 172 valence electrons. The summed E-state index contributed by atoms with van der Waals surface area (Å²) in [6.45, 7) is 1.35. The highest BCUT2D eigenvalue weighted by molar-refractivity contribution is 5.94. The fourth-order valence-corrected chi connectivity index (χ4v) is 4.93. The van der Waals surface area contributed by atoms with Crippen LogP contribution in [0.5, 0.6) is 0 Å². The highest BCUT2D eigenvalue weighted by atomic mass is 19.4. The number of likely N-dealkylation sites (tertiary alicyclic amines) is 1. The zero-order valence-corrected chi connectivity index (χ0v) is 17.8. The number of hydrogen-bond donors (Lipinski definition) is 1. The van der Waals surface area contributed by atoms with Gasteiger partial charge in [-0.15, -0.1) is 0 Å². The lowest BCUT2D eigenvalue weighted by Crippen LogP contribution is -2.44. The van der Waals surface area contributed by atoms with E-state index >= 15 is 0 Å². The molecular weight excluding hydrogens is 433 g/mol. The van der Waals surface area contributed by atoms with Crippen molar-refractivity contribution >= 4 is 17.5 Å². The maximum Gasteiger partial charge on any atom is 0.417 e. The topological polar surface area (TPSA) is 90.4 Å². The number of nitrogens with two attached hydrogens (primary N) is 1. The minimum atomic E-state index is -4.69. The minimum Gasteiger partial charge on any atom is -0.368 e. The first-order chi connectivity index (χ1) is 15.6. The summed E-state index contributed by atoms with van der Waals surface area (Å²) in [5.41, 5.74) is 4.61. The third kappa shape index (κ3) is 4.38. The zero-order valence-electron chi connectivity index (χ0n) is 17.8. The average molecular weight is 456 g/mol. The van der Waals surface area contributed by atoms with Crippen molar-refractivity contribution in [2.24, 2.45) is 11.1 Å². The van der Waals surface area contributed by atoms with Crippen molar-refractivity contribution in [3.8, 4) is 6.07 Å². The molecule has 2 saturated heterocycles. The Labute approximate surface area is 189 Å². The van der Waals surface area contributed by atoms with E-state index in [0.29, 0.717) is 44.5 Å². The first-order valence-corrected chi connectivity index (χ1v) is 10.7. The van der Waals surface area contributed by atoms with Crippen molar-refractivity contribution in [2.45, 2.75) is 31.5 Å². The highest BCUT2D eigenvalue weighted by Gasteiger charge is 2.48. The normalized spacial score (nSPS) is 20.0. The van der Waals surface area contributed by atoms with E-state index in [2.05, 4.69) is 0 Å². The number of anilines is 1. The monoisotopic (exact) mass is 456 g/mol. The summed E-state index contributed by atoms with van der Waals surface area (Å²) in [6.07, 6.45) is -3.04. The Morgan fingerprint density at radius 3 is 2.33 bits per heavy atom. The molecule has 2 N–H and O–H groups in total. The number of alkyl halides is 3. The van der Waals surface area contributed by atoms with Crippen LogP contribution < -0.4 is 10.6 Å². The van der Waals surface area contributed by atoms with Gasteiger partial charge in [0.2, 0.25) is 5.91 Å². The van der Waals surface area contributed by atoms with E-state index in [1.54, 1.807) is 40.1 Å². The maximum atomic E-state index is 13.5. The Morgan fingerprint density at radius 2 is 1.76 bits per heavy atom. The van der Waals surface area contributed by atoms with Gasteiger partial charge in [0.05, 0.1) is 17.2 Å². The number of carbonyl (C=O) groups excluding carboxylic acids is 2. The van der Waals surface area contributed by atoms with Gasteiger partial charge in [0.15, 0.2) is 0 Å². The average Bonchev–Trinajstić information content (AvgIpc) is 3.18. The molecule has 2 fully saturated rings. The van der Waals surface area contributed by atoms with Crippen LogP contribution in [0, 0.1) is 16.7 Å². The predicted molar refractivity (Wildman–Crippen MR) is 115 cm³/mol. The first-order valence-electron chi connectivity index (χ1n) is 10.7. The summed E-state index contributed by atoms with van der Waals surface area (Å²) >= 11 is 0. The van der Waals surface area contributed by atoms with Crippen LogP contribution in [0.2, 0.25) is 0 Å². The Morgan fingerprint density at radius 1 is 1.09 bits per heavy atom. The predicted octanol–water partition coefficient (Wildman–Crippen LogP) is 3.56. The first kappa shape index (κ1) is 22.6. The molecule has 2 amide bonds. The summed E-state index contributed by atoms with van der Waals surface area (Å²) in [5, 5.41) is 9.06. The number of nitriles is 1. The number of halogens is 3. The van der Waals surface area contributed by atoms with Gasteiger partial charge in [-0.05, 0) is 55.0 Å². The van der Waals surface area contributed by atoms with E-state index in [4.69, 9.17) is 11.0 Å². The molecule has 6 nitrogen and oxygen atoms in total. The van der Waals surface area contributed by atoms with Crippen LogP contribution in [-0.2, 0) is 11.0 Å². The Kier molecular flexibility index (Phi) is 5.78. The van der Waals surface area contributed by atoms with Crippen LogP contribution in [0.1, 0.15) is 40.7 Å². The molecule has 9 heteroatoms. The Balaban J connectivity index is 1.55. The van der Waals surface area contributed by atoms with Gasteiger partial charge in [0, 0.05) is 30.9 Å². The van der Waals surface area contributed by atoms with Crippen LogP contribution in [0.3, 0.4) is 0 Å². The third-order valence-electron chi connectivity index (χ3n) is 6.73. The van der Waals surface area contributed by atoms with Gasteiger partial charge in [-0.1, -0.05) is 18.2 Å². The smallest absolute Gasteiger partial charge is 0.368 e. The zero-order chi connectivity index (χ0) is 23.8. The Bertz CT molecular complexity index is 1100. The van der Waals surface area contributed by atoms with Crippen LogP contribution in [0.25, 0.3) is 0 Å². The second kappa shape index (κ2) is 8.43. The molecule has 4 rings (SSSR count). The Hall–Kier alpha value is -3.54. The van der Waals surface area contributed by atoms with E-state index in [-0.39, 0.29) is 17.0 Å². The molecule has 1 atom stereocenters. The molecule has 33 heavy (non-hydrogen) atoms. The molecule has 2 aromatic carbocycles. The molecule has 0 aliphatic carbocycles. The van der Waals surface area contributed by atoms with Crippen molar-refractivity contribution in [1.82, 2.24) is 4.90 Å². The molecule has 1 unspecified atom stereocenters. The summed E-state index contributed by atoms with van der Waals surface area (Å²) in [6, 6.07) is 13.3. The fourth-order valence-electron chi connectivity index (χ4n) is 4.93. The number of amides is 2. The third-order valence-corrected chi connectivity index (χ3v) is 6.73. The van der Waals surface area contributed by atoms with Crippen molar-refractivity contribution in [1.29, 1.82) is 5.26 Å². The lowest BCUT2D eigenvalue weighted by molar-refractivity contribution is -0.137. The second-order valence-corrected chi connectivity index (χ2v) is 8.75. The number of rotatable bonds is 3. The van der Waals surface area contributed by atoms with Gasteiger partial charge in [-0.3, -0.25) is 9.59 Å². The molecule has 0 aromatic heterocycles. The molecule has 0 bridgehead atoms.